The molecule has 1 amide bonds. The van der Waals surface area contributed by atoms with Crippen LogP contribution in [0.1, 0.15) is 67.0 Å². The molecule has 1 aromatic carbocycles. The number of likely N-dealkylation sites (tertiary alicyclic amines) is 1. The van der Waals surface area contributed by atoms with Gasteiger partial charge in [-0.15, -0.1) is 0 Å². The van der Waals surface area contributed by atoms with Gasteiger partial charge in [0.05, 0.1) is 19.6 Å². The molecule has 2 saturated heterocycles. The van der Waals surface area contributed by atoms with Crippen molar-refractivity contribution < 1.29 is 66.4 Å². The van der Waals surface area contributed by atoms with Crippen molar-refractivity contribution in [2.75, 3.05) is 26.2 Å². The summed E-state index contributed by atoms with van der Waals surface area (Å²) < 4.78 is 28.2. The predicted molar refractivity (Wildman–Crippen MR) is 136 cm³/mol. The van der Waals surface area contributed by atoms with Gasteiger partial charge < -0.3 is 52.8 Å². The van der Waals surface area contributed by atoms with Gasteiger partial charge in [-0.05, 0) is 49.1 Å². The van der Waals surface area contributed by atoms with Crippen LogP contribution in [0.4, 0.5) is 8.78 Å². The zero-order chi connectivity index (χ0) is 25.6. The van der Waals surface area contributed by atoms with E-state index in [0.29, 0.717) is 18.8 Å². The molecule has 0 radical (unpaired) electrons. The third-order valence-corrected chi connectivity index (χ3v) is 9.95. The first-order chi connectivity index (χ1) is 17.9. The van der Waals surface area contributed by atoms with Crippen LogP contribution in [0, 0.1) is 18.8 Å². The summed E-state index contributed by atoms with van der Waals surface area (Å²) in [5, 5.41) is 4.66. The smallest absolute Gasteiger partial charge is 0.248 e. The van der Waals surface area contributed by atoms with Crippen molar-refractivity contribution in [3.05, 3.63) is 65.0 Å². The van der Waals surface area contributed by atoms with Crippen LogP contribution in [-0.4, -0.2) is 49.0 Å². The first-order valence-corrected chi connectivity index (χ1v) is 14.3. The third kappa shape index (κ3) is 6.14. The molecule has 2 aromatic rings. The number of benzene rings is 1. The first kappa shape index (κ1) is 33.0. The van der Waals surface area contributed by atoms with Crippen LogP contribution >= 0.6 is 0 Å². The minimum Gasteiger partial charge on any atom is -1.00 e. The average molecular weight is 618 g/mol. The highest BCUT2D eigenvalue weighted by Crippen LogP contribution is 2.45. The summed E-state index contributed by atoms with van der Waals surface area (Å²) in [6.45, 7) is 6.36. The molecule has 3 aliphatic heterocycles. The number of nitrogens with zero attached hydrogens (tertiary/aromatic N) is 1. The number of halogens is 5. The number of carbonyl (C=O) groups excluding carboxylic acids is 1. The largest absolute Gasteiger partial charge is 1.00 e. The molecule has 1 spiro atoms. The van der Waals surface area contributed by atoms with E-state index >= 15 is 0 Å². The summed E-state index contributed by atoms with van der Waals surface area (Å²) >= 11 is 0. The molecule has 0 unspecified atom stereocenters. The van der Waals surface area contributed by atoms with Gasteiger partial charge in [-0.2, -0.15) is 0 Å². The van der Waals surface area contributed by atoms with E-state index in [1.54, 1.807) is 0 Å². The van der Waals surface area contributed by atoms with Crippen LogP contribution in [0.2, 0.25) is 0 Å². The van der Waals surface area contributed by atoms with E-state index in [1.165, 1.54) is 16.8 Å². The molecule has 40 heavy (non-hydrogen) atoms. The third-order valence-electron chi connectivity index (χ3n) is 9.95. The van der Waals surface area contributed by atoms with Crippen molar-refractivity contribution in [1.82, 2.24) is 4.90 Å². The Morgan fingerprint density at radius 3 is 2.40 bits per heavy atom. The van der Waals surface area contributed by atoms with Crippen LogP contribution < -0.4 is 52.8 Å². The average Bonchev–Trinajstić information content (AvgIpc) is 3.32. The second-order valence-corrected chi connectivity index (χ2v) is 12.1. The van der Waals surface area contributed by atoms with E-state index in [2.05, 4.69) is 63.8 Å². The van der Waals surface area contributed by atoms with Gasteiger partial charge in [0.15, 0.2) is 12.2 Å². The maximum atomic E-state index is 14.5. The molecule has 1 saturated carbocycles. The second-order valence-electron chi connectivity index (χ2n) is 12.1. The maximum Gasteiger partial charge on any atom is 0.248 e. The number of hydrogen-bond acceptors (Lipinski definition) is 1. The Labute approximate surface area is 254 Å². The number of piperidine rings is 1. The monoisotopic (exact) mass is 616 g/mol. The SMILES string of the molecule is Cc1ccc2c([nH+]1)C[NH2+]C[C@]21C[NH2+]C[C@H]1C(=O)N1CC[C@@H](c2ccccc2)C[C@H]1C1CCC(F)(F)CC1.[Cl-].[Cl-].[Cl-]. The number of aryl methyl sites for hydroxylation is 1. The van der Waals surface area contributed by atoms with Gasteiger partial charge in [0, 0.05) is 44.0 Å². The molecular weight excluding hydrogens is 577 g/mol. The number of fused-ring (bicyclic) bond motifs is 2. The molecular formula is C30H41Cl3F2N4O. The summed E-state index contributed by atoms with van der Waals surface area (Å²) in [5.41, 5.74) is 4.82. The predicted octanol–water partition coefficient (Wildman–Crippen LogP) is -7.07. The van der Waals surface area contributed by atoms with Crippen LogP contribution in [0.15, 0.2) is 42.5 Å². The lowest BCUT2D eigenvalue weighted by molar-refractivity contribution is -0.701. The molecule has 0 bridgehead atoms. The Kier molecular flexibility index (Phi) is 10.9. The number of nitrogens with one attached hydrogen (secondary N) is 1. The highest BCUT2D eigenvalue weighted by atomic mass is 35.5. The first-order valence-electron chi connectivity index (χ1n) is 14.3. The molecule has 4 atom stereocenters. The summed E-state index contributed by atoms with van der Waals surface area (Å²) in [7, 11) is 0. The fourth-order valence-electron chi connectivity index (χ4n) is 8.00. The quantitative estimate of drug-likeness (QED) is 0.354. The van der Waals surface area contributed by atoms with Crippen molar-refractivity contribution in [1.29, 1.82) is 0 Å². The van der Waals surface area contributed by atoms with E-state index < -0.39 is 5.92 Å². The number of quaternary nitrogens is 2. The summed E-state index contributed by atoms with van der Waals surface area (Å²) in [4.78, 5) is 20.2. The van der Waals surface area contributed by atoms with Crippen molar-refractivity contribution in [3.8, 4) is 0 Å². The number of aromatic amines is 1. The van der Waals surface area contributed by atoms with Crippen LogP contribution in [0.5, 0.6) is 0 Å². The molecule has 4 aliphatic rings. The molecule has 10 heteroatoms. The fraction of sp³-hybridized carbons (Fsp3) is 0.600. The lowest BCUT2D eigenvalue weighted by atomic mass is 9.68. The van der Waals surface area contributed by atoms with E-state index in [4.69, 9.17) is 0 Å². The standard InChI is InChI=1S/C30H38F2N4O.3ClH/c1-20-7-8-24-26(35-20)17-34-19-29(24)18-33-16-25(29)28(37)36-14-11-23(21-5-3-2-4-6-21)15-27(36)22-9-12-30(31,32)13-10-22;;;/h2-8,22-23,25,27,33-34H,9-19H2,1H3;3*1H/t23-,25+,27+,29-;;;/m1.../s1. The maximum absolute atomic E-state index is 14.5. The Balaban J connectivity index is 0.00000147. The molecule has 5 N–H and O–H groups in total. The van der Waals surface area contributed by atoms with Crippen molar-refractivity contribution >= 4 is 5.91 Å². The number of pyridine rings is 1. The van der Waals surface area contributed by atoms with Crippen LogP contribution in [-0.2, 0) is 16.8 Å². The number of carbonyl (C=O) groups is 1. The van der Waals surface area contributed by atoms with Crippen LogP contribution in [0.3, 0.4) is 0 Å². The van der Waals surface area contributed by atoms with E-state index in [9.17, 15) is 13.6 Å². The van der Waals surface area contributed by atoms with Crippen LogP contribution in [0.25, 0.3) is 0 Å². The molecule has 6 rings (SSSR count). The number of H-pyrrole nitrogens is 1. The van der Waals surface area contributed by atoms with Crippen molar-refractivity contribution in [3.63, 3.8) is 0 Å². The molecule has 3 fully saturated rings. The number of hydrogen-bond donors (Lipinski definition) is 2. The van der Waals surface area contributed by atoms with Gasteiger partial charge in [-0.25, -0.2) is 13.8 Å². The molecule has 4 heterocycles. The number of nitrogens with two attached hydrogens (primary N) is 2. The Hall–Kier alpha value is -1.51. The molecule has 1 aromatic heterocycles. The molecule has 222 valence electrons. The summed E-state index contributed by atoms with van der Waals surface area (Å²) in [5.74, 6) is -1.86. The number of alkyl halides is 2. The molecule has 1 aliphatic carbocycles. The highest BCUT2D eigenvalue weighted by molar-refractivity contribution is 5.82. The second kappa shape index (κ2) is 13.2. The van der Waals surface area contributed by atoms with Gasteiger partial charge in [-0.1, -0.05) is 30.3 Å². The minimum atomic E-state index is -2.56. The Morgan fingerprint density at radius 1 is 0.975 bits per heavy atom. The Morgan fingerprint density at radius 2 is 1.68 bits per heavy atom. The van der Waals surface area contributed by atoms with Gasteiger partial charge in [-0.3, -0.25) is 4.79 Å². The van der Waals surface area contributed by atoms with Crippen molar-refractivity contribution in [2.24, 2.45) is 11.8 Å². The zero-order valence-corrected chi connectivity index (χ0v) is 25.3. The normalized spacial score (nSPS) is 29.5. The minimum absolute atomic E-state index is 0. The van der Waals surface area contributed by atoms with E-state index in [-0.39, 0.29) is 79.3 Å². The summed E-state index contributed by atoms with van der Waals surface area (Å²) in [6, 6.07) is 15.0. The van der Waals surface area contributed by atoms with Gasteiger partial charge >= 0.3 is 0 Å². The van der Waals surface area contributed by atoms with E-state index in [0.717, 1.165) is 51.3 Å². The van der Waals surface area contributed by atoms with Gasteiger partial charge in [0.1, 0.15) is 11.3 Å². The fourth-order valence-corrected chi connectivity index (χ4v) is 8.00. The Bertz CT molecular complexity index is 1150. The highest BCUT2D eigenvalue weighted by Gasteiger charge is 2.58. The summed E-state index contributed by atoms with van der Waals surface area (Å²) in [6.07, 6.45) is 2.74. The van der Waals surface area contributed by atoms with Gasteiger partial charge in [0.25, 0.3) is 0 Å². The zero-order valence-electron chi connectivity index (χ0n) is 23.0. The number of amides is 1. The lowest BCUT2D eigenvalue weighted by Gasteiger charge is -2.47. The van der Waals surface area contributed by atoms with Gasteiger partial charge in [0.2, 0.25) is 17.5 Å². The van der Waals surface area contributed by atoms with E-state index in [1.807, 2.05) is 6.07 Å². The molecule has 5 nitrogen and oxygen atoms in total. The topological polar surface area (TPSA) is 67.7 Å². The lowest BCUT2D eigenvalue weighted by Crippen LogP contribution is -3.00. The number of aromatic nitrogens is 1. The van der Waals surface area contributed by atoms with Crippen molar-refractivity contribution in [2.45, 2.75) is 75.3 Å². The number of rotatable bonds is 3.